The average Bonchev–Trinajstić information content (AvgIpc) is 2.61. The van der Waals surface area contributed by atoms with Crippen LogP contribution in [-0.2, 0) is 10.0 Å². The molecule has 0 aliphatic heterocycles. The Morgan fingerprint density at radius 3 is 2.48 bits per heavy atom. The Kier molecular flexibility index (Phi) is 7.12. The number of anilines is 1. The molecule has 0 fully saturated rings. The first-order valence-corrected chi connectivity index (χ1v) is 10.3. The second-order valence-corrected chi connectivity index (χ2v) is 8.62. The molecule has 2 N–H and O–H groups in total. The predicted octanol–water partition coefficient (Wildman–Crippen LogP) is 2.79. The summed E-state index contributed by atoms with van der Waals surface area (Å²) in [5.41, 5.74) is 3.07. The van der Waals surface area contributed by atoms with E-state index in [0.29, 0.717) is 24.2 Å². The summed E-state index contributed by atoms with van der Waals surface area (Å²) in [6.45, 7) is 5.04. The Hall–Kier alpha value is -2.22. The number of carbonyl (C=O) groups excluding carboxylic acids is 1. The first-order chi connectivity index (χ1) is 12.7. The topological polar surface area (TPSA) is 78.5 Å². The molecule has 0 aromatic heterocycles. The van der Waals surface area contributed by atoms with Crippen LogP contribution >= 0.6 is 0 Å². The zero-order valence-electron chi connectivity index (χ0n) is 16.2. The van der Waals surface area contributed by atoms with Gasteiger partial charge in [0.05, 0.1) is 4.90 Å². The van der Waals surface area contributed by atoms with Gasteiger partial charge in [-0.05, 0) is 70.7 Å². The van der Waals surface area contributed by atoms with Gasteiger partial charge >= 0.3 is 0 Å². The predicted molar refractivity (Wildman–Crippen MR) is 109 cm³/mol. The van der Waals surface area contributed by atoms with Gasteiger partial charge in [0.25, 0.3) is 5.91 Å². The number of aryl methyl sites for hydroxylation is 2. The second-order valence-electron chi connectivity index (χ2n) is 6.85. The lowest BCUT2D eigenvalue weighted by Gasteiger charge is -2.12. The highest BCUT2D eigenvalue weighted by Crippen LogP contribution is 2.18. The highest BCUT2D eigenvalue weighted by molar-refractivity contribution is 7.89. The summed E-state index contributed by atoms with van der Waals surface area (Å²) in [7, 11) is 0.224. The Bertz CT molecular complexity index is 908. The van der Waals surface area contributed by atoms with Crippen molar-refractivity contribution in [2.24, 2.45) is 0 Å². The lowest BCUT2D eigenvalue weighted by molar-refractivity contribution is 0.102. The standard InChI is InChI=1S/C20H27N3O3S/c1-15-9-10-19(16(2)13-15)22-20(24)17-7-5-8-18(14-17)27(25,26)21-11-6-12-23(3)4/h5,7-10,13-14,21H,6,11-12H2,1-4H3,(H,22,24). The zero-order chi connectivity index (χ0) is 20.0. The van der Waals surface area contributed by atoms with E-state index >= 15 is 0 Å². The van der Waals surface area contributed by atoms with Crippen molar-refractivity contribution in [3.8, 4) is 0 Å². The molecule has 0 spiro atoms. The number of nitrogens with one attached hydrogen (secondary N) is 2. The molecule has 2 aromatic rings. The SMILES string of the molecule is Cc1ccc(NC(=O)c2cccc(S(=O)(=O)NCCCN(C)C)c2)c(C)c1. The van der Waals surface area contributed by atoms with Crippen LogP contribution in [0.1, 0.15) is 27.9 Å². The van der Waals surface area contributed by atoms with Crippen molar-refractivity contribution in [2.75, 3.05) is 32.5 Å². The molecule has 2 aromatic carbocycles. The van der Waals surface area contributed by atoms with Crippen molar-refractivity contribution in [1.82, 2.24) is 9.62 Å². The van der Waals surface area contributed by atoms with Gasteiger partial charge in [-0.15, -0.1) is 0 Å². The lowest BCUT2D eigenvalue weighted by atomic mass is 10.1. The van der Waals surface area contributed by atoms with Crippen LogP contribution in [0.15, 0.2) is 47.4 Å². The number of carbonyl (C=O) groups is 1. The normalized spacial score (nSPS) is 11.6. The van der Waals surface area contributed by atoms with Crippen LogP contribution in [0.4, 0.5) is 5.69 Å². The maximum Gasteiger partial charge on any atom is 0.255 e. The molecular formula is C20H27N3O3S. The summed E-state index contributed by atoms with van der Waals surface area (Å²) < 4.78 is 27.5. The van der Waals surface area contributed by atoms with Crippen molar-refractivity contribution in [3.05, 3.63) is 59.2 Å². The van der Waals surface area contributed by atoms with Crippen LogP contribution in [0.3, 0.4) is 0 Å². The summed E-state index contributed by atoms with van der Waals surface area (Å²) in [5.74, 6) is -0.341. The van der Waals surface area contributed by atoms with Gasteiger partial charge in [0, 0.05) is 17.8 Å². The average molecular weight is 390 g/mol. The van der Waals surface area contributed by atoms with Gasteiger partial charge < -0.3 is 10.2 Å². The van der Waals surface area contributed by atoms with Gasteiger partial charge in [0.2, 0.25) is 10.0 Å². The van der Waals surface area contributed by atoms with Crippen molar-refractivity contribution in [1.29, 1.82) is 0 Å². The van der Waals surface area contributed by atoms with Crippen molar-refractivity contribution in [3.63, 3.8) is 0 Å². The minimum absolute atomic E-state index is 0.0839. The molecule has 0 radical (unpaired) electrons. The number of benzene rings is 2. The molecule has 0 saturated carbocycles. The monoisotopic (exact) mass is 389 g/mol. The van der Waals surface area contributed by atoms with E-state index in [4.69, 9.17) is 0 Å². The van der Waals surface area contributed by atoms with Gasteiger partial charge in [-0.3, -0.25) is 4.79 Å². The van der Waals surface area contributed by atoms with E-state index in [1.807, 2.05) is 51.0 Å². The van der Waals surface area contributed by atoms with Crippen molar-refractivity contribution >= 4 is 21.6 Å². The van der Waals surface area contributed by atoms with E-state index in [-0.39, 0.29) is 10.8 Å². The number of amides is 1. The maximum absolute atomic E-state index is 12.5. The number of nitrogens with zero attached hydrogens (tertiary/aromatic N) is 1. The van der Waals surface area contributed by atoms with Crippen LogP contribution < -0.4 is 10.0 Å². The lowest BCUT2D eigenvalue weighted by Crippen LogP contribution is -2.27. The highest BCUT2D eigenvalue weighted by Gasteiger charge is 2.16. The number of sulfonamides is 1. The fourth-order valence-electron chi connectivity index (χ4n) is 2.64. The molecule has 0 unspecified atom stereocenters. The summed E-state index contributed by atoms with van der Waals surface area (Å²) in [6.07, 6.45) is 0.707. The molecule has 0 heterocycles. The fraction of sp³-hybridized carbons (Fsp3) is 0.350. The van der Waals surface area contributed by atoms with E-state index in [1.54, 1.807) is 12.1 Å². The number of rotatable bonds is 8. The van der Waals surface area contributed by atoms with Crippen LogP contribution in [0.5, 0.6) is 0 Å². The van der Waals surface area contributed by atoms with Gasteiger partial charge in [-0.25, -0.2) is 13.1 Å². The largest absolute Gasteiger partial charge is 0.322 e. The molecule has 6 nitrogen and oxygen atoms in total. The summed E-state index contributed by atoms with van der Waals surface area (Å²) in [5, 5.41) is 2.84. The first kappa shape index (κ1) is 21.1. The second kappa shape index (κ2) is 9.12. The maximum atomic E-state index is 12.5. The zero-order valence-corrected chi connectivity index (χ0v) is 17.1. The van der Waals surface area contributed by atoms with Gasteiger partial charge in [-0.2, -0.15) is 0 Å². The van der Waals surface area contributed by atoms with E-state index < -0.39 is 10.0 Å². The molecule has 1 amide bonds. The van der Waals surface area contributed by atoms with Gasteiger partial charge in [0.1, 0.15) is 0 Å². The molecule has 0 atom stereocenters. The summed E-state index contributed by atoms with van der Waals surface area (Å²) in [6, 6.07) is 11.8. The van der Waals surface area contributed by atoms with E-state index in [1.165, 1.54) is 12.1 Å². The molecule has 27 heavy (non-hydrogen) atoms. The van der Waals surface area contributed by atoms with Crippen LogP contribution in [0.25, 0.3) is 0 Å². The molecule has 0 aliphatic carbocycles. The van der Waals surface area contributed by atoms with Crippen molar-refractivity contribution in [2.45, 2.75) is 25.2 Å². The molecule has 0 bridgehead atoms. The third kappa shape index (κ3) is 6.16. The Morgan fingerprint density at radius 1 is 1.07 bits per heavy atom. The molecule has 2 rings (SSSR count). The van der Waals surface area contributed by atoms with Gasteiger partial charge in [0.15, 0.2) is 0 Å². The summed E-state index contributed by atoms with van der Waals surface area (Å²) >= 11 is 0. The fourth-order valence-corrected chi connectivity index (χ4v) is 3.76. The van der Waals surface area contributed by atoms with E-state index in [0.717, 1.165) is 17.7 Å². The molecule has 0 saturated heterocycles. The van der Waals surface area contributed by atoms with E-state index in [2.05, 4.69) is 10.0 Å². The minimum Gasteiger partial charge on any atom is -0.322 e. The Balaban J connectivity index is 2.10. The smallest absolute Gasteiger partial charge is 0.255 e. The molecule has 0 aliphatic rings. The minimum atomic E-state index is -3.65. The van der Waals surface area contributed by atoms with E-state index in [9.17, 15) is 13.2 Å². The summed E-state index contributed by atoms with van der Waals surface area (Å²) in [4.78, 5) is 14.6. The Morgan fingerprint density at radius 2 is 1.81 bits per heavy atom. The number of hydrogen-bond acceptors (Lipinski definition) is 4. The van der Waals surface area contributed by atoms with Crippen LogP contribution in [0, 0.1) is 13.8 Å². The van der Waals surface area contributed by atoms with Crippen LogP contribution in [0.2, 0.25) is 0 Å². The highest BCUT2D eigenvalue weighted by atomic mass is 32.2. The Labute approximate surface area is 161 Å². The third-order valence-electron chi connectivity index (χ3n) is 4.11. The quantitative estimate of drug-likeness (QED) is 0.681. The van der Waals surface area contributed by atoms with Crippen molar-refractivity contribution < 1.29 is 13.2 Å². The molecular weight excluding hydrogens is 362 g/mol. The third-order valence-corrected chi connectivity index (χ3v) is 5.57. The first-order valence-electron chi connectivity index (χ1n) is 8.82. The molecule has 146 valence electrons. The van der Waals surface area contributed by atoms with Crippen LogP contribution in [-0.4, -0.2) is 46.4 Å². The molecule has 7 heteroatoms. The number of hydrogen-bond donors (Lipinski definition) is 2. The van der Waals surface area contributed by atoms with Gasteiger partial charge in [-0.1, -0.05) is 23.8 Å².